The fourth-order valence-electron chi connectivity index (χ4n) is 3.09. The van der Waals surface area contributed by atoms with E-state index in [4.69, 9.17) is 9.73 Å². The van der Waals surface area contributed by atoms with E-state index in [1.54, 1.807) is 0 Å². The first kappa shape index (κ1) is 14.9. The van der Waals surface area contributed by atoms with Gasteiger partial charge in [0.25, 0.3) is 0 Å². The standard InChI is InChI=1S/C17H23N3O2/c1-2-22-17(21)15-12-20(14-10-4-3-5-11-14)19-16(15)18-13-8-6-7-9-13/h3-5,10-11,13,15H,2,6-9,12H2,1H3,(H,18,19). The molecule has 1 heterocycles. The molecule has 1 saturated heterocycles. The summed E-state index contributed by atoms with van der Waals surface area (Å²) in [6.45, 7) is 2.80. The van der Waals surface area contributed by atoms with Gasteiger partial charge in [0.15, 0.2) is 0 Å². The molecule has 0 spiro atoms. The summed E-state index contributed by atoms with van der Waals surface area (Å²) in [5.74, 6) is 0.250. The van der Waals surface area contributed by atoms with Gasteiger partial charge in [0.1, 0.15) is 11.8 Å². The average molecular weight is 301 g/mol. The number of benzene rings is 1. The van der Waals surface area contributed by atoms with Crippen LogP contribution in [-0.2, 0) is 9.53 Å². The summed E-state index contributed by atoms with van der Waals surface area (Å²) >= 11 is 0. The predicted octanol–water partition coefficient (Wildman–Crippen LogP) is 2.53. The number of carbonyl (C=O) groups is 1. The average Bonchev–Trinajstić information content (AvgIpc) is 3.19. The fraction of sp³-hybridized carbons (Fsp3) is 0.529. The Hall–Kier alpha value is -2.04. The van der Waals surface area contributed by atoms with E-state index in [-0.39, 0.29) is 11.9 Å². The van der Waals surface area contributed by atoms with Crippen molar-refractivity contribution in [3.8, 4) is 0 Å². The Kier molecular flexibility index (Phi) is 4.61. The van der Waals surface area contributed by atoms with Crippen LogP contribution < -0.4 is 10.4 Å². The summed E-state index contributed by atoms with van der Waals surface area (Å²) in [6.07, 6.45) is 4.69. The molecule has 0 aromatic heterocycles. The molecule has 1 aliphatic heterocycles. The van der Waals surface area contributed by atoms with Crippen molar-refractivity contribution in [2.45, 2.75) is 38.6 Å². The molecule has 118 valence electrons. The molecule has 2 fully saturated rings. The van der Waals surface area contributed by atoms with Gasteiger partial charge in [0, 0.05) is 0 Å². The predicted molar refractivity (Wildman–Crippen MR) is 86.7 cm³/mol. The van der Waals surface area contributed by atoms with Crippen LogP contribution in [0.2, 0.25) is 0 Å². The number of hydrazine groups is 1. The molecule has 5 nitrogen and oxygen atoms in total. The van der Waals surface area contributed by atoms with E-state index in [1.165, 1.54) is 12.8 Å². The Balaban J connectivity index is 1.80. The van der Waals surface area contributed by atoms with Gasteiger partial charge >= 0.3 is 5.97 Å². The largest absolute Gasteiger partial charge is 0.465 e. The van der Waals surface area contributed by atoms with E-state index < -0.39 is 0 Å². The Morgan fingerprint density at radius 1 is 1.32 bits per heavy atom. The molecule has 1 saturated carbocycles. The van der Waals surface area contributed by atoms with Crippen molar-refractivity contribution in [3.63, 3.8) is 0 Å². The number of anilines is 1. The van der Waals surface area contributed by atoms with Gasteiger partial charge in [-0.05, 0) is 31.9 Å². The summed E-state index contributed by atoms with van der Waals surface area (Å²) in [7, 11) is 0. The minimum atomic E-state index is -0.319. The van der Waals surface area contributed by atoms with Crippen LogP contribution in [0.1, 0.15) is 32.6 Å². The Bertz CT molecular complexity index is 538. The number of aliphatic imine (C=N–C) groups is 1. The normalized spacial score (nSPS) is 23.8. The van der Waals surface area contributed by atoms with Crippen molar-refractivity contribution >= 4 is 17.5 Å². The molecule has 1 aromatic rings. The molecule has 0 bridgehead atoms. The van der Waals surface area contributed by atoms with E-state index in [1.807, 2.05) is 42.3 Å². The van der Waals surface area contributed by atoms with Crippen LogP contribution in [0.3, 0.4) is 0 Å². The minimum Gasteiger partial charge on any atom is -0.465 e. The SMILES string of the molecule is CCOC(=O)C1CN(c2ccccc2)NC1=NC1CCCC1. The van der Waals surface area contributed by atoms with Gasteiger partial charge in [-0.15, -0.1) is 0 Å². The summed E-state index contributed by atoms with van der Waals surface area (Å²) in [5.41, 5.74) is 4.34. The topological polar surface area (TPSA) is 53.9 Å². The van der Waals surface area contributed by atoms with E-state index in [9.17, 15) is 4.79 Å². The van der Waals surface area contributed by atoms with Crippen LogP contribution in [0.5, 0.6) is 0 Å². The van der Waals surface area contributed by atoms with Gasteiger partial charge in [0.05, 0.1) is 24.9 Å². The molecular formula is C17H23N3O2. The number of nitrogens with zero attached hydrogens (tertiary/aromatic N) is 2. The van der Waals surface area contributed by atoms with Crippen LogP contribution in [-0.4, -0.2) is 31.0 Å². The Morgan fingerprint density at radius 3 is 2.73 bits per heavy atom. The summed E-state index contributed by atoms with van der Waals surface area (Å²) in [5, 5.41) is 1.98. The summed E-state index contributed by atoms with van der Waals surface area (Å²) in [4.78, 5) is 17.0. The summed E-state index contributed by atoms with van der Waals surface area (Å²) < 4.78 is 5.22. The molecule has 1 N–H and O–H groups in total. The zero-order valence-corrected chi connectivity index (χ0v) is 13.0. The second-order valence-electron chi connectivity index (χ2n) is 5.82. The first-order valence-electron chi connectivity index (χ1n) is 8.11. The maximum Gasteiger partial charge on any atom is 0.318 e. The highest BCUT2D eigenvalue weighted by atomic mass is 16.5. The van der Waals surface area contributed by atoms with Crippen molar-refractivity contribution < 1.29 is 9.53 Å². The van der Waals surface area contributed by atoms with Gasteiger partial charge in [-0.3, -0.25) is 20.2 Å². The number of para-hydroxylation sites is 1. The number of rotatable bonds is 4. The highest BCUT2D eigenvalue weighted by Crippen LogP contribution is 2.24. The van der Waals surface area contributed by atoms with Gasteiger partial charge < -0.3 is 4.74 Å². The molecular weight excluding hydrogens is 278 g/mol. The third-order valence-corrected chi connectivity index (χ3v) is 4.23. The number of ether oxygens (including phenoxy) is 1. The molecule has 5 heteroatoms. The third kappa shape index (κ3) is 3.24. The molecule has 0 amide bonds. The number of esters is 1. The van der Waals surface area contributed by atoms with Crippen molar-refractivity contribution in [3.05, 3.63) is 30.3 Å². The van der Waals surface area contributed by atoms with Crippen LogP contribution in [0.4, 0.5) is 5.69 Å². The van der Waals surface area contributed by atoms with Crippen molar-refractivity contribution in [1.29, 1.82) is 0 Å². The molecule has 1 unspecified atom stereocenters. The second-order valence-corrected chi connectivity index (χ2v) is 5.82. The minimum absolute atomic E-state index is 0.190. The molecule has 2 aliphatic rings. The van der Waals surface area contributed by atoms with E-state index >= 15 is 0 Å². The second kappa shape index (κ2) is 6.81. The summed E-state index contributed by atoms with van der Waals surface area (Å²) in [6, 6.07) is 10.3. The number of nitrogens with one attached hydrogen (secondary N) is 1. The highest BCUT2D eigenvalue weighted by molar-refractivity contribution is 6.04. The monoisotopic (exact) mass is 301 g/mol. The van der Waals surface area contributed by atoms with E-state index in [2.05, 4.69) is 5.43 Å². The Morgan fingerprint density at radius 2 is 2.05 bits per heavy atom. The lowest BCUT2D eigenvalue weighted by Gasteiger charge is -2.17. The highest BCUT2D eigenvalue weighted by Gasteiger charge is 2.36. The molecule has 0 radical (unpaired) electrons. The van der Waals surface area contributed by atoms with Gasteiger partial charge in [-0.2, -0.15) is 0 Å². The van der Waals surface area contributed by atoms with Crippen LogP contribution in [0, 0.1) is 5.92 Å². The quantitative estimate of drug-likeness (QED) is 0.868. The van der Waals surface area contributed by atoms with Gasteiger partial charge in [0.2, 0.25) is 0 Å². The van der Waals surface area contributed by atoms with Gasteiger partial charge in [-0.25, -0.2) is 0 Å². The lowest BCUT2D eigenvalue weighted by atomic mass is 10.1. The van der Waals surface area contributed by atoms with Crippen molar-refractivity contribution in [2.75, 3.05) is 18.2 Å². The number of amidine groups is 1. The Labute approximate surface area is 131 Å². The number of hydrogen-bond acceptors (Lipinski definition) is 4. The number of hydrogen-bond donors (Lipinski definition) is 1. The van der Waals surface area contributed by atoms with Crippen molar-refractivity contribution in [2.24, 2.45) is 10.9 Å². The molecule has 1 aromatic carbocycles. The zero-order valence-electron chi connectivity index (χ0n) is 13.0. The van der Waals surface area contributed by atoms with E-state index in [0.717, 1.165) is 24.4 Å². The zero-order chi connectivity index (χ0) is 15.4. The maximum absolute atomic E-state index is 12.2. The third-order valence-electron chi connectivity index (χ3n) is 4.23. The molecule has 3 rings (SSSR count). The first-order chi connectivity index (χ1) is 10.8. The van der Waals surface area contributed by atoms with Crippen LogP contribution in [0.15, 0.2) is 35.3 Å². The van der Waals surface area contributed by atoms with Crippen LogP contribution >= 0.6 is 0 Å². The molecule has 1 aliphatic carbocycles. The first-order valence-corrected chi connectivity index (χ1v) is 8.11. The van der Waals surface area contributed by atoms with Gasteiger partial charge in [-0.1, -0.05) is 31.0 Å². The van der Waals surface area contributed by atoms with Crippen LogP contribution in [0.25, 0.3) is 0 Å². The molecule has 22 heavy (non-hydrogen) atoms. The number of carbonyl (C=O) groups excluding carboxylic acids is 1. The lowest BCUT2D eigenvalue weighted by molar-refractivity contribution is -0.145. The fourth-order valence-corrected chi connectivity index (χ4v) is 3.09. The smallest absolute Gasteiger partial charge is 0.318 e. The lowest BCUT2D eigenvalue weighted by Crippen LogP contribution is -2.34. The van der Waals surface area contributed by atoms with E-state index in [0.29, 0.717) is 19.2 Å². The maximum atomic E-state index is 12.2. The molecule has 1 atom stereocenters. The van der Waals surface area contributed by atoms with Crippen molar-refractivity contribution in [1.82, 2.24) is 5.43 Å².